The van der Waals surface area contributed by atoms with Crippen molar-refractivity contribution >= 4 is 11.9 Å². The molecule has 1 aliphatic heterocycles. The monoisotopic (exact) mass is 323 g/mol. The van der Waals surface area contributed by atoms with E-state index in [4.69, 9.17) is 14.2 Å². The Bertz CT molecular complexity index is 602. The lowest BCUT2D eigenvalue weighted by atomic mass is 9.88. The SMILES string of the molecule is COCC1(C(=O)O)CCN(C(=O)c2ccc(OC)c(OC)c2)C1. The van der Waals surface area contributed by atoms with Crippen LogP contribution in [0.1, 0.15) is 16.8 Å². The number of rotatable bonds is 6. The molecule has 1 saturated heterocycles. The van der Waals surface area contributed by atoms with Crippen LogP contribution in [0.4, 0.5) is 0 Å². The summed E-state index contributed by atoms with van der Waals surface area (Å²) in [5.74, 6) is -0.184. The Balaban J connectivity index is 2.20. The summed E-state index contributed by atoms with van der Waals surface area (Å²) >= 11 is 0. The van der Waals surface area contributed by atoms with Crippen LogP contribution in [0.5, 0.6) is 11.5 Å². The van der Waals surface area contributed by atoms with Crippen LogP contribution in [0.3, 0.4) is 0 Å². The van der Waals surface area contributed by atoms with Gasteiger partial charge in [0.2, 0.25) is 0 Å². The molecule has 1 aromatic carbocycles. The molecule has 0 bridgehead atoms. The number of amides is 1. The van der Waals surface area contributed by atoms with Crippen molar-refractivity contribution in [3.8, 4) is 11.5 Å². The van der Waals surface area contributed by atoms with Crippen LogP contribution in [0.15, 0.2) is 18.2 Å². The number of carboxylic acids is 1. The van der Waals surface area contributed by atoms with Gasteiger partial charge in [0.25, 0.3) is 5.91 Å². The fraction of sp³-hybridized carbons (Fsp3) is 0.500. The molecule has 1 fully saturated rings. The molecule has 1 amide bonds. The zero-order chi connectivity index (χ0) is 17.0. The maximum Gasteiger partial charge on any atom is 0.313 e. The van der Waals surface area contributed by atoms with Crippen LogP contribution in [0, 0.1) is 5.41 Å². The van der Waals surface area contributed by atoms with E-state index in [0.29, 0.717) is 30.0 Å². The van der Waals surface area contributed by atoms with Gasteiger partial charge in [0.1, 0.15) is 5.41 Å². The summed E-state index contributed by atoms with van der Waals surface area (Å²) in [4.78, 5) is 25.7. The van der Waals surface area contributed by atoms with Gasteiger partial charge in [-0.25, -0.2) is 0 Å². The first-order valence-electron chi connectivity index (χ1n) is 7.21. The molecule has 1 N–H and O–H groups in total. The average molecular weight is 323 g/mol. The second-order valence-electron chi connectivity index (χ2n) is 5.56. The molecule has 2 rings (SSSR count). The Morgan fingerprint density at radius 3 is 2.48 bits per heavy atom. The summed E-state index contributed by atoms with van der Waals surface area (Å²) in [6.45, 7) is 0.588. The van der Waals surface area contributed by atoms with Crippen molar-refractivity contribution in [3.05, 3.63) is 23.8 Å². The summed E-state index contributed by atoms with van der Waals surface area (Å²) in [5, 5.41) is 9.46. The molecule has 126 valence electrons. The highest BCUT2D eigenvalue weighted by atomic mass is 16.5. The molecule has 7 heteroatoms. The number of aliphatic carboxylic acids is 1. The fourth-order valence-corrected chi connectivity index (χ4v) is 2.83. The number of hydrogen-bond acceptors (Lipinski definition) is 5. The third kappa shape index (κ3) is 3.24. The number of carbonyl (C=O) groups excluding carboxylic acids is 1. The van der Waals surface area contributed by atoms with Crippen molar-refractivity contribution in [1.29, 1.82) is 0 Å². The first kappa shape index (κ1) is 17.1. The Hall–Kier alpha value is -2.28. The van der Waals surface area contributed by atoms with Crippen LogP contribution in [0.25, 0.3) is 0 Å². The minimum absolute atomic E-state index is 0.0814. The molecule has 1 heterocycles. The second-order valence-corrected chi connectivity index (χ2v) is 5.56. The third-order valence-electron chi connectivity index (χ3n) is 4.15. The third-order valence-corrected chi connectivity index (χ3v) is 4.15. The number of benzene rings is 1. The predicted octanol–water partition coefficient (Wildman–Crippen LogP) is 1.27. The number of nitrogens with zero attached hydrogens (tertiary/aromatic N) is 1. The van der Waals surface area contributed by atoms with Crippen molar-refractivity contribution in [2.24, 2.45) is 5.41 Å². The number of likely N-dealkylation sites (tertiary alicyclic amines) is 1. The standard InChI is InChI=1S/C16H21NO6/c1-21-10-16(15(19)20)6-7-17(9-16)14(18)11-4-5-12(22-2)13(8-11)23-3/h4-5,8H,6-7,9-10H2,1-3H3,(H,19,20). The number of methoxy groups -OCH3 is 3. The first-order chi connectivity index (χ1) is 11.0. The van der Waals surface area contributed by atoms with E-state index in [1.54, 1.807) is 18.2 Å². The van der Waals surface area contributed by atoms with Gasteiger partial charge in [0.15, 0.2) is 11.5 Å². The molecule has 0 spiro atoms. The topological polar surface area (TPSA) is 85.3 Å². The van der Waals surface area contributed by atoms with Gasteiger partial charge in [0, 0.05) is 25.8 Å². The lowest BCUT2D eigenvalue weighted by molar-refractivity contribution is -0.151. The lowest BCUT2D eigenvalue weighted by Crippen LogP contribution is -2.40. The fourth-order valence-electron chi connectivity index (χ4n) is 2.83. The molecular formula is C16H21NO6. The molecule has 0 aliphatic carbocycles. The molecule has 0 aromatic heterocycles. The van der Waals surface area contributed by atoms with Crippen LogP contribution >= 0.6 is 0 Å². The molecular weight excluding hydrogens is 302 g/mol. The summed E-state index contributed by atoms with van der Waals surface area (Å²) in [7, 11) is 4.48. The zero-order valence-corrected chi connectivity index (χ0v) is 13.5. The first-order valence-corrected chi connectivity index (χ1v) is 7.21. The van der Waals surface area contributed by atoms with Gasteiger partial charge in [-0.1, -0.05) is 0 Å². The van der Waals surface area contributed by atoms with Crippen molar-refractivity contribution in [3.63, 3.8) is 0 Å². The minimum atomic E-state index is -1.04. The van der Waals surface area contributed by atoms with E-state index in [0.717, 1.165) is 0 Å². The Morgan fingerprint density at radius 2 is 1.91 bits per heavy atom. The van der Waals surface area contributed by atoms with Gasteiger partial charge in [-0.3, -0.25) is 9.59 Å². The van der Waals surface area contributed by atoms with Crippen LogP contribution in [-0.4, -0.2) is 62.9 Å². The van der Waals surface area contributed by atoms with Crippen molar-refractivity contribution in [1.82, 2.24) is 4.90 Å². The largest absolute Gasteiger partial charge is 0.493 e. The second kappa shape index (κ2) is 6.87. The number of carboxylic acid groups (broad SMARTS) is 1. The van der Waals surface area contributed by atoms with Crippen LogP contribution in [0.2, 0.25) is 0 Å². The number of carbonyl (C=O) groups is 2. The smallest absolute Gasteiger partial charge is 0.313 e. The Labute approximate surface area is 134 Å². The average Bonchev–Trinajstić information content (AvgIpc) is 2.99. The Morgan fingerprint density at radius 1 is 1.22 bits per heavy atom. The highest BCUT2D eigenvalue weighted by molar-refractivity contribution is 5.95. The van der Waals surface area contributed by atoms with Crippen molar-refractivity contribution in [2.75, 3.05) is 41.0 Å². The molecule has 1 aliphatic rings. The van der Waals surface area contributed by atoms with Gasteiger partial charge >= 0.3 is 5.97 Å². The van der Waals surface area contributed by atoms with Gasteiger partial charge in [-0.2, -0.15) is 0 Å². The van der Waals surface area contributed by atoms with E-state index in [1.807, 2.05) is 0 Å². The molecule has 1 atom stereocenters. The Kier molecular flexibility index (Phi) is 5.10. The van der Waals surface area contributed by atoms with Crippen LogP contribution in [-0.2, 0) is 9.53 Å². The van der Waals surface area contributed by atoms with Crippen molar-refractivity contribution in [2.45, 2.75) is 6.42 Å². The molecule has 1 aromatic rings. The lowest BCUT2D eigenvalue weighted by Gasteiger charge is -2.24. The highest BCUT2D eigenvalue weighted by Crippen LogP contribution is 2.33. The quantitative estimate of drug-likeness (QED) is 0.848. The highest BCUT2D eigenvalue weighted by Gasteiger charge is 2.46. The molecule has 23 heavy (non-hydrogen) atoms. The van der Waals surface area contributed by atoms with Gasteiger partial charge in [-0.15, -0.1) is 0 Å². The maximum absolute atomic E-state index is 12.6. The van der Waals surface area contributed by atoms with E-state index < -0.39 is 11.4 Å². The summed E-state index contributed by atoms with van der Waals surface area (Å²) < 4.78 is 15.4. The van der Waals surface area contributed by atoms with E-state index >= 15 is 0 Å². The molecule has 7 nitrogen and oxygen atoms in total. The number of hydrogen-bond donors (Lipinski definition) is 1. The van der Waals surface area contributed by atoms with Gasteiger partial charge in [-0.05, 0) is 24.6 Å². The minimum Gasteiger partial charge on any atom is -0.493 e. The summed E-state index contributed by atoms with van der Waals surface area (Å²) in [6, 6.07) is 4.89. The predicted molar refractivity (Wildman–Crippen MR) is 82.0 cm³/mol. The van der Waals surface area contributed by atoms with Crippen LogP contribution < -0.4 is 9.47 Å². The van der Waals surface area contributed by atoms with Gasteiger partial charge < -0.3 is 24.2 Å². The maximum atomic E-state index is 12.6. The van der Waals surface area contributed by atoms with E-state index in [2.05, 4.69) is 0 Å². The van der Waals surface area contributed by atoms with Crippen molar-refractivity contribution < 1.29 is 28.9 Å². The van der Waals surface area contributed by atoms with Gasteiger partial charge in [0.05, 0.1) is 20.8 Å². The van der Waals surface area contributed by atoms with E-state index in [9.17, 15) is 14.7 Å². The van der Waals surface area contributed by atoms with E-state index in [1.165, 1.54) is 26.2 Å². The van der Waals surface area contributed by atoms with E-state index in [-0.39, 0.29) is 19.1 Å². The molecule has 1 unspecified atom stereocenters. The molecule has 0 saturated carbocycles. The summed E-state index contributed by atoms with van der Waals surface area (Å²) in [6.07, 6.45) is 0.370. The number of ether oxygens (including phenoxy) is 3. The zero-order valence-electron chi connectivity index (χ0n) is 13.5. The normalized spacial score (nSPS) is 20.4. The summed E-state index contributed by atoms with van der Waals surface area (Å²) in [5.41, 5.74) is -0.609. The molecule has 0 radical (unpaired) electrons.